The summed E-state index contributed by atoms with van der Waals surface area (Å²) in [6, 6.07) is 0. The molecule has 126 valence electrons. The van der Waals surface area contributed by atoms with E-state index < -0.39 is 7.25 Å². The molecule has 0 aromatic heterocycles. The van der Waals surface area contributed by atoms with E-state index in [4.69, 9.17) is 0 Å². The highest BCUT2D eigenvalue weighted by atomic mass is 31.0. The standard InChI is InChI=1S/C13H29P.BF4.H3N/c1-4-7-10-13(14,11-8-5-2)12-9-6-3;2-1(3,4)5;/h4-12,14H2,1-3H3;;1H3/q;-1;. The Labute approximate surface area is 124 Å². The van der Waals surface area contributed by atoms with Gasteiger partial charge >= 0.3 is 7.25 Å². The second kappa shape index (κ2) is 14.1. The highest BCUT2D eigenvalue weighted by molar-refractivity contribution is 7.19. The minimum absolute atomic E-state index is 0. The lowest BCUT2D eigenvalue weighted by molar-refractivity contribution is 0.368. The zero-order valence-corrected chi connectivity index (χ0v) is 14.4. The summed E-state index contributed by atoms with van der Waals surface area (Å²) in [6.45, 7) is 6.89. The van der Waals surface area contributed by atoms with Crippen LogP contribution in [0.5, 0.6) is 0 Å². The Morgan fingerprint density at radius 2 is 0.950 bits per heavy atom. The smallest absolute Gasteiger partial charge is 0.418 e. The van der Waals surface area contributed by atoms with E-state index in [9.17, 15) is 17.3 Å². The van der Waals surface area contributed by atoms with Gasteiger partial charge in [0.05, 0.1) is 0 Å². The fourth-order valence-corrected chi connectivity index (χ4v) is 2.57. The van der Waals surface area contributed by atoms with Crippen molar-refractivity contribution in [1.82, 2.24) is 6.15 Å². The van der Waals surface area contributed by atoms with Gasteiger partial charge in [-0.25, -0.2) is 0 Å². The second-order valence-corrected chi connectivity index (χ2v) is 6.39. The molecular weight excluding hydrogens is 288 g/mol. The summed E-state index contributed by atoms with van der Waals surface area (Å²) in [6.07, 6.45) is 12.5. The Hall–Kier alpha value is 0.175. The van der Waals surface area contributed by atoms with Gasteiger partial charge in [-0.15, -0.1) is 9.24 Å². The number of hydrogen-bond acceptors (Lipinski definition) is 1. The fraction of sp³-hybridized carbons (Fsp3) is 1.00. The van der Waals surface area contributed by atoms with Crippen molar-refractivity contribution in [3.05, 3.63) is 0 Å². The molecular formula is C13H32BF4NP-. The summed E-state index contributed by atoms with van der Waals surface area (Å²) in [4.78, 5) is 0. The lowest BCUT2D eigenvalue weighted by atomic mass is 9.90. The lowest BCUT2D eigenvalue weighted by Gasteiger charge is -2.29. The van der Waals surface area contributed by atoms with Crippen molar-refractivity contribution in [3.63, 3.8) is 0 Å². The van der Waals surface area contributed by atoms with Crippen LogP contribution in [-0.2, 0) is 0 Å². The Morgan fingerprint density at radius 3 is 1.10 bits per heavy atom. The molecule has 1 unspecified atom stereocenters. The maximum absolute atomic E-state index is 9.75. The summed E-state index contributed by atoms with van der Waals surface area (Å²) in [5, 5.41) is 0.571. The predicted octanol–water partition coefficient (Wildman–Crippen LogP) is 6.63. The summed E-state index contributed by atoms with van der Waals surface area (Å²) >= 11 is 0. The zero-order valence-electron chi connectivity index (χ0n) is 13.2. The Balaban J connectivity index is -0.000000414. The molecule has 0 rings (SSSR count). The van der Waals surface area contributed by atoms with Crippen molar-refractivity contribution in [2.75, 3.05) is 0 Å². The van der Waals surface area contributed by atoms with Gasteiger partial charge < -0.3 is 23.4 Å². The molecule has 20 heavy (non-hydrogen) atoms. The predicted molar refractivity (Wildman–Crippen MR) is 86.2 cm³/mol. The van der Waals surface area contributed by atoms with Crippen LogP contribution in [0, 0.1) is 0 Å². The SMILES string of the molecule is CCCCC(P)(CCCC)CCCC.F[B-](F)(F)F.N. The molecule has 7 heteroatoms. The van der Waals surface area contributed by atoms with Gasteiger partial charge in [-0.1, -0.05) is 59.3 Å². The Bertz CT molecular complexity index is 176. The molecule has 0 heterocycles. The molecule has 0 aromatic carbocycles. The highest BCUT2D eigenvalue weighted by Gasteiger charge is 2.22. The molecule has 0 bridgehead atoms. The normalized spacial score (nSPS) is 11.4. The van der Waals surface area contributed by atoms with Crippen molar-refractivity contribution in [1.29, 1.82) is 0 Å². The first-order valence-electron chi connectivity index (χ1n) is 7.34. The number of halogens is 4. The summed E-state index contributed by atoms with van der Waals surface area (Å²) in [5.74, 6) is 0. The quantitative estimate of drug-likeness (QED) is 0.289. The van der Waals surface area contributed by atoms with E-state index in [2.05, 4.69) is 30.0 Å². The lowest BCUT2D eigenvalue weighted by Crippen LogP contribution is -2.20. The molecule has 0 radical (unpaired) electrons. The van der Waals surface area contributed by atoms with Crippen LogP contribution >= 0.6 is 9.24 Å². The zero-order chi connectivity index (χ0) is 15.4. The van der Waals surface area contributed by atoms with Crippen LogP contribution in [0.25, 0.3) is 0 Å². The summed E-state index contributed by atoms with van der Waals surface area (Å²) < 4.78 is 39.0. The summed E-state index contributed by atoms with van der Waals surface area (Å²) in [5.41, 5.74) is 0. The highest BCUT2D eigenvalue weighted by Crippen LogP contribution is 2.36. The van der Waals surface area contributed by atoms with Crippen LogP contribution in [-0.4, -0.2) is 12.4 Å². The summed E-state index contributed by atoms with van der Waals surface area (Å²) in [7, 11) is -2.83. The molecule has 0 aliphatic carbocycles. The van der Waals surface area contributed by atoms with Crippen LogP contribution in [0.3, 0.4) is 0 Å². The monoisotopic (exact) mass is 320 g/mol. The average molecular weight is 320 g/mol. The molecule has 0 aliphatic rings. The van der Waals surface area contributed by atoms with Crippen LogP contribution in [0.15, 0.2) is 0 Å². The van der Waals surface area contributed by atoms with E-state index in [1.54, 1.807) is 0 Å². The van der Waals surface area contributed by atoms with Gasteiger partial charge in [-0.3, -0.25) is 0 Å². The minimum atomic E-state index is -6.00. The first-order valence-corrected chi connectivity index (χ1v) is 7.92. The first-order chi connectivity index (χ1) is 8.68. The van der Waals surface area contributed by atoms with E-state index in [1.165, 1.54) is 57.8 Å². The van der Waals surface area contributed by atoms with Crippen molar-refractivity contribution in [3.8, 4) is 0 Å². The molecule has 0 saturated heterocycles. The molecule has 0 spiro atoms. The van der Waals surface area contributed by atoms with Gasteiger partial charge in [0.15, 0.2) is 0 Å². The van der Waals surface area contributed by atoms with Crippen molar-refractivity contribution in [2.24, 2.45) is 0 Å². The van der Waals surface area contributed by atoms with E-state index >= 15 is 0 Å². The molecule has 0 aliphatic heterocycles. The van der Waals surface area contributed by atoms with Gasteiger partial charge in [-0.05, 0) is 24.4 Å². The maximum Gasteiger partial charge on any atom is 0.673 e. The topological polar surface area (TPSA) is 35.0 Å². The largest absolute Gasteiger partial charge is 0.673 e. The molecule has 0 aromatic rings. The number of hydrogen-bond donors (Lipinski definition) is 1. The third kappa shape index (κ3) is 23.3. The van der Waals surface area contributed by atoms with Gasteiger partial charge in [0.1, 0.15) is 0 Å². The Morgan fingerprint density at radius 1 is 0.750 bits per heavy atom. The van der Waals surface area contributed by atoms with Gasteiger partial charge in [0.25, 0.3) is 0 Å². The van der Waals surface area contributed by atoms with Crippen LogP contribution < -0.4 is 6.15 Å². The van der Waals surface area contributed by atoms with E-state index in [-0.39, 0.29) is 6.15 Å². The minimum Gasteiger partial charge on any atom is -0.418 e. The second-order valence-electron chi connectivity index (χ2n) is 5.17. The van der Waals surface area contributed by atoms with Crippen molar-refractivity contribution < 1.29 is 17.3 Å². The van der Waals surface area contributed by atoms with Crippen molar-refractivity contribution >= 4 is 16.5 Å². The third-order valence-corrected chi connectivity index (χ3v) is 3.95. The molecule has 1 atom stereocenters. The third-order valence-electron chi connectivity index (χ3n) is 3.08. The maximum atomic E-state index is 9.75. The van der Waals surface area contributed by atoms with Crippen LogP contribution in [0.1, 0.15) is 78.6 Å². The number of unbranched alkanes of at least 4 members (excludes halogenated alkanes) is 3. The fourth-order valence-electron chi connectivity index (χ4n) is 1.96. The van der Waals surface area contributed by atoms with Crippen LogP contribution in [0.2, 0.25) is 0 Å². The average Bonchev–Trinajstić information content (AvgIpc) is 2.30. The van der Waals surface area contributed by atoms with E-state index in [1.807, 2.05) is 0 Å². The molecule has 1 nitrogen and oxygen atoms in total. The van der Waals surface area contributed by atoms with Crippen molar-refractivity contribution in [2.45, 2.75) is 83.7 Å². The molecule has 3 N–H and O–H groups in total. The molecule has 0 amide bonds. The van der Waals surface area contributed by atoms with Gasteiger partial charge in [-0.2, -0.15) is 0 Å². The Kier molecular flexibility index (Phi) is 17.8. The van der Waals surface area contributed by atoms with E-state index in [0.29, 0.717) is 5.16 Å². The molecule has 0 saturated carbocycles. The number of rotatable bonds is 9. The first kappa shape index (κ1) is 25.1. The van der Waals surface area contributed by atoms with E-state index in [0.717, 1.165) is 0 Å². The van der Waals surface area contributed by atoms with Crippen LogP contribution in [0.4, 0.5) is 17.3 Å². The molecule has 0 fully saturated rings. The van der Waals surface area contributed by atoms with Gasteiger partial charge in [0, 0.05) is 0 Å². The van der Waals surface area contributed by atoms with Gasteiger partial charge in [0.2, 0.25) is 0 Å².